The van der Waals surface area contributed by atoms with Crippen LogP contribution >= 0.6 is 0 Å². The zero-order valence-corrected chi connectivity index (χ0v) is 28.5. The summed E-state index contributed by atoms with van der Waals surface area (Å²) in [7, 11) is -1.34. The fraction of sp³-hybridized carbons (Fsp3) is 0.316. The summed E-state index contributed by atoms with van der Waals surface area (Å²) in [5.41, 5.74) is 2.91. The Hall–Kier alpha value is -4.83. The second-order valence-electron chi connectivity index (χ2n) is 12.0. The van der Waals surface area contributed by atoms with Crippen LogP contribution in [0.2, 0.25) is 0 Å². The number of methoxy groups -OCH3 is 2. The topological polar surface area (TPSA) is 105 Å². The van der Waals surface area contributed by atoms with E-state index in [1.54, 1.807) is 36.4 Å². The first-order valence-corrected chi connectivity index (χ1v) is 17.6. The zero-order valence-electron chi connectivity index (χ0n) is 27.7. The van der Waals surface area contributed by atoms with E-state index in [-0.39, 0.29) is 41.2 Å². The summed E-state index contributed by atoms with van der Waals surface area (Å²) in [5, 5.41) is 3.21. The molecule has 252 valence electrons. The summed E-state index contributed by atoms with van der Waals surface area (Å²) in [6.45, 7) is 1.50. The number of hydrogen-bond acceptors (Lipinski definition) is 6. The lowest BCUT2D eigenvalue weighted by Gasteiger charge is -2.35. The Bertz CT molecular complexity index is 1790. The molecule has 4 aromatic rings. The summed E-state index contributed by atoms with van der Waals surface area (Å²) >= 11 is 0. The number of nitrogens with one attached hydrogen (secondary N) is 1. The SMILES string of the molecule is COc1ccc(S(=O)(=O)N(CC(=O)N(Cc2ccccc2C)C(Cc2ccccc2)C(=O)NC2CCCC2)c2ccccc2OC)cc1. The molecule has 1 aliphatic carbocycles. The van der Waals surface area contributed by atoms with E-state index in [1.807, 2.05) is 61.5 Å². The van der Waals surface area contributed by atoms with Gasteiger partial charge in [0.1, 0.15) is 24.1 Å². The number of carbonyl (C=O) groups is 2. The molecule has 0 radical (unpaired) electrons. The third-order valence-corrected chi connectivity index (χ3v) is 10.6. The van der Waals surface area contributed by atoms with E-state index in [0.717, 1.165) is 46.7 Å². The van der Waals surface area contributed by atoms with E-state index in [0.29, 0.717) is 5.75 Å². The first-order chi connectivity index (χ1) is 23.2. The first kappa shape index (κ1) is 34.5. The Balaban J connectivity index is 1.59. The molecule has 1 aliphatic rings. The second kappa shape index (κ2) is 15.8. The summed E-state index contributed by atoms with van der Waals surface area (Å²) in [6.07, 6.45) is 4.11. The maximum atomic E-state index is 14.8. The van der Waals surface area contributed by atoms with Crippen molar-refractivity contribution in [1.29, 1.82) is 0 Å². The van der Waals surface area contributed by atoms with Gasteiger partial charge < -0.3 is 19.7 Å². The largest absolute Gasteiger partial charge is 0.497 e. The highest BCUT2D eigenvalue weighted by atomic mass is 32.2. The molecule has 0 saturated heterocycles. The van der Waals surface area contributed by atoms with Crippen LogP contribution in [-0.2, 0) is 32.6 Å². The van der Waals surface area contributed by atoms with Crippen molar-refractivity contribution in [3.8, 4) is 11.5 Å². The lowest BCUT2D eigenvalue weighted by Crippen LogP contribution is -2.54. The molecule has 4 aromatic carbocycles. The maximum absolute atomic E-state index is 14.8. The minimum absolute atomic E-state index is 0.0210. The fourth-order valence-corrected chi connectivity index (χ4v) is 7.54. The summed E-state index contributed by atoms with van der Waals surface area (Å²) in [4.78, 5) is 30.5. The average Bonchev–Trinajstić information content (AvgIpc) is 3.62. The summed E-state index contributed by atoms with van der Waals surface area (Å²) in [6, 6.07) is 29.1. The van der Waals surface area contributed by atoms with Crippen LogP contribution in [0, 0.1) is 6.92 Å². The van der Waals surface area contributed by atoms with Crippen molar-refractivity contribution < 1.29 is 27.5 Å². The fourth-order valence-electron chi connectivity index (χ4n) is 6.12. The van der Waals surface area contributed by atoms with Crippen LogP contribution in [0.25, 0.3) is 0 Å². The van der Waals surface area contributed by atoms with Gasteiger partial charge in [-0.2, -0.15) is 0 Å². The molecule has 1 atom stereocenters. The third-order valence-electron chi connectivity index (χ3n) is 8.85. The van der Waals surface area contributed by atoms with Crippen molar-refractivity contribution in [3.05, 3.63) is 120 Å². The van der Waals surface area contributed by atoms with E-state index in [4.69, 9.17) is 9.47 Å². The van der Waals surface area contributed by atoms with Gasteiger partial charge >= 0.3 is 0 Å². The molecular formula is C38H43N3O6S. The highest BCUT2D eigenvalue weighted by molar-refractivity contribution is 7.92. The number of rotatable bonds is 14. The molecule has 9 nitrogen and oxygen atoms in total. The number of sulfonamides is 1. The van der Waals surface area contributed by atoms with Crippen molar-refractivity contribution in [2.45, 2.75) is 62.6 Å². The molecule has 0 aliphatic heterocycles. The molecule has 48 heavy (non-hydrogen) atoms. The van der Waals surface area contributed by atoms with Crippen LogP contribution in [0.3, 0.4) is 0 Å². The number of aryl methyl sites for hydroxylation is 1. The molecule has 10 heteroatoms. The van der Waals surface area contributed by atoms with Crippen LogP contribution in [0.15, 0.2) is 108 Å². The first-order valence-electron chi connectivity index (χ1n) is 16.2. The van der Waals surface area contributed by atoms with Gasteiger partial charge in [0.15, 0.2) is 0 Å². The average molecular weight is 670 g/mol. The quantitative estimate of drug-likeness (QED) is 0.179. The van der Waals surface area contributed by atoms with Gasteiger partial charge in [-0.3, -0.25) is 13.9 Å². The third kappa shape index (κ3) is 8.17. The number of hydrogen-bond donors (Lipinski definition) is 1. The number of carbonyl (C=O) groups excluding carboxylic acids is 2. The molecule has 0 heterocycles. The Kier molecular flexibility index (Phi) is 11.4. The van der Waals surface area contributed by atoms with Crippen molar-refractivity contribution in [3.63, 3.8) is 0 Å². The van der Waals surface area contributed by atoms with Crippen LogP contribution in [0.5, 0.6) is 11.5 Å². The summed E-state index contributed by atoms with van der Waals surface area (Å²) < 4.78 is 40.6. The molecule has 0 bridgehead atoms. The summed E-state index contributed by atoms with van der Waals surface area (Å²) in [5.74, 6) is 0.00115. The Labute approximate surface area is 283 Å². The van der Waals surface area contributed by atoms with Gasteiger partial charge in [0.2, 0.25) is 11.8 Å². The van der Waals surface area contributed by atoms with Gasteiger partial charge in [0, 0.05) is 19.0 Å². The number of benzene rings is 4. The number of para-hydroxylation sites is 2. The molecule has 0 spiro atoms. The zero-order chi connectivity index (χ0) is 34.1. The van der Waals surface area contributed by atoms with E-state index in [1.165, 1.54) is 31.3 Å². The van der Waals surface area contributed by atoms with E-state index in [2.05, 4.69) is 5.32 Å². The van der Waals surface area contributed by atoms with E-state index < -0.39 is 28.5 Å². The number of nitrogens with zero attached hydrogens (tertiary/aromatic N) is 2. The van der Waals surface area contributed by atoms with Gasteiger partial charge in [0.25, 0.3) is 10.0 Å². The Morgan fingerprint density at radius 1 is 0.833 bits per heavy atom. The maximum Gasteiger partial charge on any atom is 0.264 e. The predicted molar refractivity (Wildman–Crippen MR) is 187 cm³/mol. The van der Waals surface area contributed by atoms with Crippen molar-refractivity contribution in [2.75, 3.05) is 25.1 Å². The normalized spacial score (nSPS) is 13.8. The smallest absolute Gasteiger partial charge is 0.264 e. The van der Waals surface area contributed by atoms with Crippen molar-refractivity contribution >= 4 is 27.5 Å². The second-order valence-corrected chi connectivity index (χ2v) is 13.9. The highest BCUT2D eigenvalue weighted by Gasteiger charge is 2.36. The molecule has 1 unspecified atom stereocenters. The van der Waals surface area contributed by atoms with Crippen molar-refractivity contribution in [2.24, 2.45) is 0 Å². The minimum atomic E-state index is -4.30. The van der Waals surface area contributed by atoms with Crippen LogP contribution in [0.1, 0.15) is 42.4 Å². The molecule has 2 amide bonds. The lowest BCUT2D eigenvalue weighted by molar-refractivity contribution is -0.140. The van der Waals surface area contributed by atoms with Crippen LogP contribution in [-0.4, -0.2) is 58.0 Å². The van der Waals surface area contributed by atoms with Gasteiger partial charge in [-0.1, -0.05) is 79.6 Å². The number of anilines is 1. The Morgan fingerprint density at radius 2 is 1.48 bits per heavy atom. The lowest BCUT2D eigenvalue weighted by atomic mass is 10.0. The standard InChI is InChI=1S/C38H43N3O6S/c1-28-13-7-8-16-30(28)26-40(35(25-29-14-5-4-6-15-29)38(43)39-31-17-9-10-18-31)37(42)27-41(34-19-11-12-20-36(34)47-3)48(44,45)33-23-21-32(46-2)22-24-33/h4-8,11-16,19-24,31,35H,9-10,17-18,25-27H2,1-3H3,(H,39,43). The number of ether oxygens (including phenoxy) is 2. The predicted octanol–water partition coefficient (Wildman–Crippen LogP) is 5.91. The van der Waals surface area contributed by atoms with E-state index >= 15 is 0 Å². The van der Waals surface area contributed by atoms with Crippen LogP contribution < -0.4 is 19.1 Å². The van der Waals surface area contributed by atoms with Crippen molar-refractivity contribution in [1.82, 2.24) is 10.2 Å². The molecule has 1 N–H and O–H groups in total. The minimum Gasteiger partial charge on any atom is -0.497 e. The highest BCUT2D eigenvalue weighted by Crippen LogP contribution is 2.33. The molecular weight excluding hydrogens is 627 g/mol. The molecule has 1 fully saturated rings. The molecule has 1 saturated carbocycles. The Morgan fingerprint density at radius 3 is 2.15 bits per heavy atom. The van der Waals surface area contributed by atoms with Crippen LogP contribution in [0.4, 0.5) is 5.69 Å². The van der Waals surface area contributed by atoms with Gasteiger partial charge in [0.05, 0.1) is 24.8 Å². The molecule has 0 aromatic heterocycles. The molecule has 5 rings (SSSR count). The monoisotopic (exact) mass is 669 g/mol. The van der Waals surface area contributed by atoms with E-state index in [9.17, 15) is 18.0 Å². The number of amides is 2. The van der Waals surface area contributed by atoms with Gasteiger partial charge in [-0.05, 0) is 72.9 Å². The van der Waals surface area contributed by atoms with Gasteiger partial charge in [-0.15, -0.1) is 0 Å². The van der Waals surface area contributed by atoms with Gasteiger partial charge in [-0.25, -0.2) is 8.42 Å².